The number of benzene rings is 1. The molecule has 1 atom stereocenters. The SMILES string of the molecule is CCNC(Cn1cc(C)cnc1=O)c1ccc(C)cc1C. The van der Waals surface area contributed by atoms with Gasteiger partial charge in [-0.2, -0.15) is 0 Å². The molecule has 0 aliphatic carbocycles. The number of nitrogens with zero attached hydrogens (tertiary/aromatic N) is 2. The zero-order chi connectivity index (χ0) is 15.4. The predicted molar refractivity (Wildman–Crippen MR) is 85.6 cm³/mol. The molecule has 1 N–H and O–H groups in total. The standard InChI is InChI=1S/C17H23N3O/c1-5-18-16(15-7-6-12(2)8-14(15)4)11-20-10-13(3)9-19-17(20)21/h6-10,16,18H,5,11H2,1-4H3. The second kappa shape index (κ2) is 6.68. The van der Waals surface area contributed by atoms with E-state index >= 15 is 0 Å². The van der Waals surface area contributed by atoms with Crippen LogP contribution in [-0.4, -0.2) is 16.1 Å². The van der Waals surface area contributed by atoms with Crippen molar-refractivity contribution in [1.29, 1.82) is 0 Å². The normalized spacial score (nSPS) is 12.4. The van der Waals surface area contributed by atoms with Gasteiger partial charge in [0.1, 0.15) is 0 Å². The molecular weight excluding hydrogens is 262 g/mol. The van der Waals surface area contributed by atoms with Crippen molar-refractivity contribution < 1.29 is 0 Å². The Morgan fingerprint density at radius 1 is 1.24 bits per heavy atom. The Morgan fingerprint density at radius 2 is 2.00 bits per heavy atom. The lowest BCUT2D eigenvalue weighted by Gasteiger charge is -2.21. The highest BCUT2D eigenvalue weighted by Gasteiger charge is 2.14. The highest BCUT2D eigenvalue weighted by molar-refractivity contribution is 5.32. The number of aromatic nitrogens is 2. The second-order valence-electron chi connectivity index (χ2n) is 5.54. The molecule has 2 aromatic rings. The summed E-state index contributed by atoms with van der Waals surface area (Å²) in [6.07, 6.45) is 3.47. The van der Waals surface area contributed by atoms with Crippen molar-refractivity contribution in [3.63, 3.8) is 0 Å². The Bertz CT molecular complexity index is 676. The topological polar surface area (TPSA) is 46.9 Å². The number of hydrogen-bond acceptors (Lipinski definition) is 3. The lowest BCUT2D eigenvalue weighted by molar-refractivity contribution is 0.460. The maximum Gasteiger partial charge on any atom is 0.347 e. The molecule has 0 spiro atoms. The summed E-state index contributed by atoms with van der Waals surface area (Å²) in [7, 11) is 0. The number of hydrogen-bond donors (Lipinski definition) is 1. The molecule has 1 unspecified atom stereocenters. The van der Waals surface area contributed by atoms with Crippen molar-refractivity contribution in [2.75, 3.05) is 6.54 Å². The van der Waals surface area contributed by atoms with Crippen LogP contribution in [-0.2, 0) is 6.54 Å². The molecule has 1 aromatic heterocycles. The fraction of sp³-hybridized carbons (Fsp3) is 0.412. The number of likely N-dealkylation sites (N-methyl/N-ethyl adjacent to an activating group) is 1. The third kappa shape index (κ3) is 3.79. The van der Waals surface area contributed by atoms with Gasteiger partial charge in [0.2, 0.25) is 0 Å². The fourth-order valence-corrected chi connectivity index (χ4v) is 2.63. The Hall–Kier alpha value is -1.94. The van der Waals surface area contributed by atoms with Crippen molar-refractivity contribution >= 4 is 0 Å². The Labute approximate surface area is 125 Å². The molecule has 0 aliphatic heterocycles. The Kier molecular flexibility index (Phi) is 4.91. The zero-order valence-electron chi connectivity index (χ0n) is 13.2. The summed E-state index contributed by atoms with van der Waals surface area (Å²) in [5.74, 6) is 0. The molecule has 21 heavy (non-hydrogen) atoms. The van der Waals surface area contributed by atoms with Crippen molar-refractivity contribution in [2.24, 2.45) is 0 Å². The first kappa shape index (κ1) is 15.4. The van der Waals surface area contributed by atoms with E-state index in [1.165, 1.54) is 16.7 Å². The number of rotatable bonds is 5. The molecule has 0 radical (unpaired) electrons. The van der Waals surface area contributed by atoms with Gasteiger partial charge < -0.3 is 5.32 Å². The summed E-state index contributed by atoms with van der Waals surface area (Å²) in [4.78, 5) is 15.8. The van der Waals surface area contributed by atoms with E-state index in [1.807, 2.05) is 13.1 Å². The average Bonchev–Trinajstić information content (AvgIpc) is 2.42. The maximum absolute atomic E-state index is 11.9. The first-order valence-corrected chi connectivity index (χ1v) is 7.35. The second-order valence-corrected chi connectivity index (χ2v) is 5.54. The van der Waals surface area contributed by atoms with E-state index < -0.39 is 0 Å². The minimum absolute atomic E-state index is 0.108. The van der Waals surface area contributed by atoms with Crippen LogP contribution >= 0.6 is 0 Å². The molecule has 4 nitrogen and oxygen atoms in total. The summed E-state index contributed by atoms with van der Waals surface area (Å²) >= 11 is 0. The van der Waals surface area contributed by atoms with Gasteiger partial charge in [-0.05, 0) is 44.0 Å². The third-order valence-electron chi connectivity index (χ3n) is 3.61. The van der Waals surface area contributed by atoms with Gasteiger partial charge in [0.25, 0.3) is 0 Å². The molecule has 0 amide bonds. The van der Waals surface area contributed by atoms with Gasteiger partial charge in [0, 0.05) is 18.9 Å². The summed E-state index contributed by atoms with van der Waals surface area (Å²) in [5, 5.41) is 3.47. The molecule has 0 bridgehead atoms. The van der Waals surface area contributed by atoms with Crippen LogP contribution in [0.5, 0.6) is 0 Å². The van der Waals surface area contributed by atoms with Gasteiger partial charge in [-0.25, -0.2) is 9.78 Å². The first-order chi connectivity index (χ1) is 10.0. The lowest BCUT2D eigenvalue weighted by Crippen LogP contribution is -2.31. The fourth-order valence-electron chi connectivity index (χ4n) is 2.63. The summed E-state index contributed by atoms with van der Waals surface area (Å²) in [6.45, 7) is 9.67. The van der Waals surface area contributed by atoms with E-state index in [9.17, 15) is 4.79 Å². The highest BCUT2D eigenvalue weighted by atomic mass is 16.1. The quantitative estimate of drug-likeness (QED) is 0.918. The van der Waals surface area contributed by atoms with Gasteiger partial charge in [-0.3, -0.25) is 4.57 Å². The minimum Gasteiger partial charge on any atom is -0.309 e. The van der Waals surface area contributed by atoms with Crippen LogP contribution in [0.4, 0.5) is 0 Å². The molecule has 0 fully saturated rings. The van der Waals surface area contributed by atoms with Crippen LogP contribution in [0.2, 0.25) is 0 Å². The van der Waals surface area contributed by atoms with Crippen LogP contribution in [0.1, 0.15) is 35.2 Å². The van der Waals surface area contributed by atoms with Gasteiger partial charge >= 0.3 is 5.69 Å². The average molecular weight is 285 g/mol. The Morgan fingerprint density at radius 3 is 2.67 bits per heavy atom. The third-order valence-corrected chi connectivity index (χ3v) is 3.61. The molecule has 1 aromatic carbocycles. The van der Waals surface area contributed by atoms with Crippen molar-refractivity contribution in [3.8, 4) is 0 Å². The van der Waals surface area contributed by atoms with Crippen LogP contribution in [0.3, 0.4) is 0 Å². The monoisotopic (exact) mass is 285 g/mol. The molecule has 4 heteroatoms. The molecule has 2 rings (SSSR count). The minimum atomic E-state index is -0.201. The van der Waals surface area contributed by atoms with Crippen molar-refractivity contribution in [1.82, 2.24) is 14.9 Å². The molecule has 0 saturated heterocycles. The largest absolute Gasteiger partial charge is 0.347 e. The number of aryl methyl sites for hydroxylation is 3. The van der Waals surface area contributed by atoms with Crippen LogP contribution in [0, 0.1) is 20.8 Å². The molecule has 0 saturated carbocycles. The highest BCUT2D eigenvalue weighted by Crippen LogP contribution is 2.20. The van der Waals surface area contributed by atoms with E-state index in [-0.39, 0.29) is 11.7 Å². The van der Waals surface area contributed by atoms with Gasteiger partial charge in [-0.15, -0.1) is 0 Å². The van der Waals surface area contributed by atoms with Crippen molar-refractivity contribution in [3.05, 3.63) is 63.3 Å². The maximum atomic E-state index is 11.9. The first-order valence-electron chi connectivity index (χ1n) is 7.35. The summed E-state index contributed by atoms with van der Waals surface area (Å²) in [6, 6.07) is 6.55. The van der Waals surface area contributed by atoms with E-state index in [2.05, 4.69) is 49.3 Å². The zero-order valence-corrected chi connectivity index (χ0v) is 13.2. The summed E-state index contributed by atoms with van der Waals surface area (Å²) in [5.41, 5.74) is 4.52. The van der Waals surface area contributed by atoms with Crippen LogP contribution < -0.4 is 11.0 Å². The van der Waals surface area contributed by atoms with E-state index in [1.54, 1.807) is 10.8 Å². The molecular formula is C17H23N3O. The van der Waals surface area contributed by atoms with Crippen LogP contribution in [0.25, 0.3) is 0 Å². The summed E-state index contributed by atoms with van der Waals surface area (Å²) < 4.78 is 1.68. The van der Waals surface area contributed by atoms with E-state index in [0.717, 1.165) is 12.1 Å². The predicted octanol–water partition coefficient (Wildman–Crippen LogP) is 2.52. The van der Waals surface area contributed by atoms with Crippen LogP contribution in [0.15, 0.2) is 35.4 Å². The van der Waals surface area contributed by atoms with Gasteiger partial charge in [0.05, 0.1) is 6.04 Å². The Balaban J connectivity index is 2.35. The molecule has 1 heterocycles. The number of nitrogens with one attached hydrogen (secondary N) is 1. The van der Waals surface area contributed by atoms with E-state index in [0.29, 0.717) is 6.54 Å². The molecule has 112 valence electrons. The van der Waals surface area contributed by atoms with Crippen molar-refractivity contribution in [2.45, 2.75) is 40.3 Å². The molecule has 0 aliphatic rings. The van der Waals surface area contributed by atoms with Gasteiger partial charge in [0.15, 0.2) is 0 Å². The smallest absolute Gasteiger partial charge is 0.309 e. The van der Waals surface area contributed by atoms with E-state index in [4.69, 9.17) is 0 Å². The van der Waals surface area contributed by atoms with Gasteiger partial charge in [-0.1, -0.05) is 30.7 Å². The lowest BCUT2D eigenvalue weighted by atomic mass is 9.99.